The van der Waals surface area contributed by atoms with Crippen LogP contribution in [-0.4, -0.2) is 25.9 Å². The number of nitrogens with one attached hydrogen (secondary N) is 1. The number of benzene rings is 1. The van der Waals surface area contributed by atoms with Crippen molar-refractivity contribution < 1.29 is 17.6 Å². The first-order valence-electron chi connectivity index (χ1n) is 8.11. The number of hydrogen-bond acceptors (Lipinski definition) is 5. The molecule has 2 heterocycles. The molecule has 0 aliphatic carbocycles. The van der Waals surface area contributed by atoms with Crippen LogP contribution < -0.4 is 5.32 Å². The average molecular weight is 404 g/mol. The summed E-state index contributed by atoms with van der Waals surface area (Å²) in [4.78, 5) is 16.7. The topological polar surface area (TPSA) is 76.1 Å². The first-order chi connectivity index (χ1) is 12.9. The summed E-state index contributed by atoms with van der Waals surface area (Å²) in [7, 11) is -3.88. The third-order valence-corrected chi connectivity index (χ3v) is 7.05. The molecule has 0 aliphatic heterocycles. The van der Waals surface area contributed by atoms with E-state index in [0.29, 0.717) is 10.4 Å². The van der Waals surface area contributed by atoms with E-state index in [2.05, 4.69) is 10.3 Å². The Morgan fingerprint density at radius 2 is 2.07 bits per heavy atom. The van der Waals surface area contributed by atoms with Crippen molar-refractivity contribution in [3.05, 3.63) is 82.1 Å². The molecule has 3 aromatic rings. The Morgan fingerprint density at radius 3 is 2.70 bits per heavy atom. The molecule has 0 aliphatic rings. The van der Waals surface area contributed by atoms with Crippen molar-refractivity contribution in [3.8, 4) is 0 Å². The van der Waals surface area contributed by atoms with Crippen molar-refractivity contribution in [1.29, 1.82) is 0 Å². The number of aromatic nitrogens is 1. The van der Waals surface area contributed by atoms with Crippen LogP contribution in [-0.2, 0) is 9.84 Å². The van der Waals surface area contributed by atoms with Crippen molar-refractivity contribution in [3.63, 3.8) is 0 Å². The van der Waals surface area contributed by atoms with Gasteiger partial charge in [-0.05, 0) is 53.8 Å². The van der Waals surface area contributed by atoms with Gasteiger partial charge >= 0.3 is 0 Å². The molecule has 1 unspecified atom stereocenters. The van der Waals surface area contributed by atoms with Crippen molar-refractivity contribution in [1.82, 2.24) is 10.3 Å². The quantitative estimate of drug-likeness (QED) is 0.638. The summed E-state index contributed by atoms with van der Waals surface area (Å²) in [6.07, 6.45) is 3.00. The highest BCUT2D eigenvalue weighted by molar-refractivity contribution is 7.91. The Morgan fingerprint density at radius 1 is 1.26 bits per heavy atom. The molecule has 1 N–H and O–H groups in total. The number of thiophene rings is 1. The van der Waals surface area contributed by atoms with Gasteiger partial charge in [0, 0.05) is 18.9 Å². The third kappa shape index (κ3) is 4.23. The summed E-state index contributed by atoms with van der Waals surface area (Å²) < 4.78 is 40.0. The van der Waals surface area contributed by atoms with Crippen molar-refractivity contribution >= 4 is 27.1 Å². The molecule has 0 radical (unpaired) electrons. The van der Waals surface area contributed by atoms with Gasteiger partial charge in [-0.15, -0.1) is 11.3 Å². The Labute approximate surface area is 160 Å². The molecular formula is C19H17FN2O3S2. The molecule has 0 fully saturated rings. The third-order valence-electron chi connectivity index (χ3n) is 4.08. The Hall–Kier alpha value is -2.58. The number of halogens is 1. The van der Waals surface area contributed by atoms with Crippen molar-refractivity contribution in [2.24, 2.45) is 0 Å². The molecule has 27 heavy (non-hydrogen) atoms. The first kappa shape index (κ1) is 19.2. The van der Waals surface area contributed by atoms with Gasteiger partial charge in [-0.1, -0.05) is 12.1 Å². The first-order valence-corrected chi connectivity index (χ1v) is 10.5. The zero-order chi connectivity index (χ0) is 19.4. The van der Waals surface area contributed by atoms with Gasteiger partial charge in [-0.25, -0.2) is 12.8 Å². The van der Waals surface area contributed by atoms with E-state index in [1.807, 2.05) is 0 Å². The monoisotopic (exact) mass is 404 g/mol. The lowest BCUT2D eigenvalue weighted by atomic mass is 10.2. The van der Waals surface area contributed by atoms with E-state index in [0.717, 1.165) is 6.07 Å². The number of sulfone groups is 1. The number of pyridine rings is 1. The number of rotatable bonds is 6. The molecule has 2 aromatic heterocycles. The van der Waals surface area contributed by atoms with E-state index in [9.17, 15) is 17.6 Å². The van der Waals surface area contributed by atoms with Gasteiger partial charge in [0.15, 0.2) is 9.84 Å². The molecule has 1 amide bonds. The van der Waals surface area contributed by atoms with Crippen LogP contribution in [0.2, 0.25) is 0 Å². The molecule has 3 rings (SSSR count). The van der Waals surface area contributed by atoms with E-state index >= 15 is 0 Å². The van der Waals surface area contributed by atoms with Crippen LogP contribution in [0, 0.1) is 12.7 Å². The smallest absolute Gasteiger partial charge is 0.261 e. The zero-order valence-corrected chi connectivity index (χ0v) is 16.1. The number of hydrogen-bond donors (Lipinski definition) is 1. The second-order valence-corrected chi connectivity index (χ2v) is 9.00. The molecule has 1 atom stereocenters. The molecule has 8 heteroatoms. The number of aryl methyl sites for hydroxylation is 1. The predicted octanol–water partition coefficient (Wildman–Crippen LogP) is 3.54. The van der Waals surface area contributed by atoms with E-state index in [1.54, 1.807) is 35.8 Å². The molecule has 140 valence electrons. The van der Waals surface area contributed by atoms with Gasteiger partial charge in [0.2, 0.25) is 0 Å². The van der Waals surface area contributed by atoms with Gasteiger partial charge in [-0.3, -0.25) is 9.78 Å². The highest BCUT2D eigenvalue weighted by Crippen LogP contribution is 2.29. The average Bonchev–Trinajstić information content (AvgIpc) is 3.19. The van der Waals surface area contributed by atoms with Crippen LogP contribution in [0.3, 0.4) is 0 Å². The predicted molar refractivity (Wildman–Crippen MR) is 102 cm³/mol. The maximum Gasteiger partial charge on any atom is 0.261 e. The van der Waals surface area contributed by atoms with Crippen LogP contribution in [0.5, 0.6) is 0 Å². The second-order valence-electron chi connectivity index (χ2n) is 5.92. The fourth-order valence-electron chi connectivity index (χ4n) is 2.61. The molecule has 5 nitrogen and oxygen atoms in total. The fourth-order valence-corrected chi connectivity index (χ4v) is 4.98. The van der Waals surface area contributed by atoms with Gasteiger partial charge in [-0.2, -0.15) is 0 Å². The lowest BCUT2D eigenvalue weighted by molar-refractivity contribution is 0.0957. The summed E-state index contributed by atoms with van der Waals surface area (Å²) >= 11 is 1.27. The molecule has 0 bridgehead atoms. The van der Waals surface area contributed by atoms with Crippen LogP contribution in [0.15, 0.2) is 65.1 Å². The Balaban J connectivity index is 1.94. The summed E-state index contributed by atoms with van der Waals surface area (Å²) in [5.74, 6) is -0.817. The Bertz CT molecular complexity index is 1040. The minimum absolute atomic E-state index is 0.000579. The van der Waals surface area contributed by atoms with Crippen molar-refractivity contribution in [2.75, 3.05) is 6.54 Å². The summed E-state index contributed by atoms with van der Waals surface area (Å²) in [6.45, 7) is 1.38. The van der Waals surface area contributed by atoms with E-state index in [1.165, 1.54) is 36.6 Å². The maximum absolute atomic E-state index is 13.6. The maximum atomic E-state index is 13.6. The molecular weight excluding hydrogens is 387 g/mol. The number of amides is 1. The summed E-state index contributed by atoms with van der Waals surface area (Å²) in [5.41, 5.74) is 0.689. The second kappa shape index (κ2) is 7.98. The minimum atomic E-state index is -3.88. The molecule has 1 aromatic carbocycles. The zero-order valence-electron chi connectivity index (χ0n) is 14.4. The van der Waals surface area contributed by atoms with E-state index < -0.39 is 20.9 Å². The van der Waals surface area contributed by atoms with Crippen LogP contribution in [0.25, 0.3) is 0 Å². The van der Waals surface area contributed by atoms with Gasteiger partial charge < -0.3 is 5.32 Å². The lowest BCUT2D eigenvalue weighted by Gasteiger charge is -2.19. The lowest BCUT2D eigenvalue weighted by Crippen LogP contribution is -2.31. The van der Waals surface area contributed by atoms with Crippen LogP contribution in [0.4, 0.5) is 4.39 Å². The normalized spacial score (nSPS) is 12.5. The molecule has 0 saturated heterocycles. The number of carbonyl (C=O) groups is 1. The molecule has 0 saturated carbocycles. The van der Waals surface area contributed by atoms with Gasteiger partial charge in [0.05, 0.1) is 9.77 Å². The highest BCUT2D eigenvalue weighted by atomic mass is 32.2. The largest absolute Gasteiger partial charge is 0.350 e. The van der Waals surface area contributed by atoms with Crippen LogP contribution in [0.1, 0.15) is 26.0 Å². The highest BCUT2D eigenvalue weighted by Gasteiger charge is 2.30. The summed E-state index contributed by atoms with van der Waals surface area (Å²) in [6, 6.07) is 10.4. The summed E-state index contributed by atoms with van der Waals surface area (Å²) in [5, 5.41) is 3.40. The number of carbonyl (C=O) groups excluding carboxylic acids is 1. The molecule has 0 spiro atoms. The van der Waals surface area contributed by atoms with Crippen LogP contribution >= 0.6 is 11.3 Å². The van der Waals surface area contributed by atoms with Gasteiger partial charge in [0.1, 0.15) is 11.1 Å². The Kier molecular flexibility index (Phi) is 5.67. The van der Waals surface area contributed by atoms with Crippen molar-refractivity contribution in [2.45, 2.75) is 17.1 Å². The number of nitrogens with zero attached hydrogens (tertiary/aromatic N) is 1. The standard InChI is InChI=1S/C19H17FN2O3S2/c1-13-10-15(6-7-16(13)20)27(24,25)18(14-4-2-8-21-11-14)12-22-19(23)17-5-3-9-26-17/h2-11,18H,12H2,1H3,(H,22,23). The fraction of sp³-hybridized carbons (Fsp3) is 0.158. The van der Waals surface area contributed by atoms with E-state index in [4.69, 9.17) is 0 Å². The minimum Gasteiger partial charge on any atom is -0.350 e. The van der Waals surface area contributed by atoms with E-state index in [-0.39, 0.29) is 22.9 Å². The van der Waals surface area contributed by atoms with Gasteiger partial charge in [0.25, 0.3) is 5.91 Å². The SMILES string of the molecule is Cc1cc(S(=O)(=O)C(CNC(=O)c2cccs2)c2cccnc2)ccc1F.